The highest BCUT2D eigenvalue weighted by atomic mass is 35.5. The van der Waals surface area contributed by atoms with Crippen LogP contribution in [0.2, 0.25) is 5.28 Å². The molecular weight excluding hydrogens is 452 g/mol. The van der Waals surface area contributed by atoms with Crippen LogP contribution in [0.15, 0.2) is 12.1 Å². The highest BCUT2D eigenvalue weighted by molar-refractivity contribution is 6.28. The SMILES string of the molecule is CCOC(=O)C1CN(C(=O)OC(C)(C)C)CC1Nc1nc(Cl)nc2cc(OC)c(OC)cc12. The summed E-state index contributed by atoms with van der Waals surface area (Å²) in [6.07, 6.45) is -0.502. The Kier molecular flexibility index (Phi) is 7.36. The molecule has 1 saturated heterocycles. The molecule has 2 heterocycles. The Balaban J connectivity index is 1.96. The molecule has 1 aliphatic heterocycles. The van der Waals surface area contributed by atoms with Gasteiger partial charge in [0.2, 0.25) is 5.28 Å². The maximum Gasteiger partial charge on any atom is 0.410 e. The number of aromatic nitrogens is 2. The van der Waals surface area contributed by atoms with E-state index in [9.17, 15) is 9.59 Å². The number of nitrogens with zero attached hydrogens (tertiary/aromatic N) is 3. The number of esters is 1. The van der Waals surface area contributed by atoms with E-state index < -0.39 is 29.6 Å². The van der Waals surface area contributed by atoms with E-state index >= 15 is 0 Å². The number of ether oxygens (including phenoxy) is 4. The third kappa shape index (κ3) is 5.68. The van der Waals surface area contributed by atoms with Gasteiger partial charge >= 0.3 is 12.1 Å². The second kappa shape index (κ2) is 9.86. The van der Waals surface area contributed by atoms with E-state index in [-0.39, 0.29) is 25.0 Å². The normalized spacial score (nSPS) is 18.2. The van der Waals surface area contributed by atoms with Crippen LogP contribution in [0.5, 0.6) is 11.5 Å². The van der Waals surface area contributed by atoms with E-state index in [1.165, 1.54) is 19.1 Å². The van der Waals surface area contributed by atoms with Crippen LogP contribution in [0.1, 0.15) is 27.7 Å². The molecule has 0 radical (unpaired) electrons. The van der Waals surface area contributed by atoms with E-state index in [0.29, 0.717) is 28.2 Å². The lowest BCUT2D eigenvalue weighted by Gasteiger charge is -2.24. The van der Waals surface area contributed by atoms with E-state index in [2.05, 4.69) is 15.3 Å². The Morgan fingerprint density at radius 1 is 1.15 bits per heavy atom. The molecule has 0 aliphatic carbocycles. The van der Waals surface area contributed by atoms with Gasteiger partial charge in [-0.2, -0.15) is 0 Å². The standard InChI is InChI=1S/C22H29ClN4O6/c1-7-32-19(28)13-10-27(21(29)33-22(2,3)4)11-15(13)24-18-12-8-16(30-5)17(31-6)9-14(12)25-20(23)26-18/h8-9,13,15H,7,10-11H2,1-6H3,(H,24,25,26). The van der Waals surface area contributed by atoms with Crippen molar-refractivity contribution in [1.82, 2.24) is 14.9 Å². The Morgan fingerprint density at radius 2 is 1.82 bits per heavy atom. The Hall–Kier alpha value is -3.01. The van der Waals surface area contributed by atoms with Crippen LogP contribution in [0, 0.1) is 5.92 Å². The molecule has 1 aromatic carbocycles. The minimum atomic E-state index is -0.659. The van der Waals surface area contributed by atoms with Gasteiger partial charge in [0.1, 0.15) is 11.4 Å². The molecule has 0 saturated carbocycles. The lowest BCUT2D eigenvalue weighted by molar-refractivity contribution is -0.147. The van der Waals surface area contributed by atoms with Gasteiger partial charge in [0.15, 0.2) is 11.5 Å². The molecule has 1 aliphatic rings. The topological polar surface area (TPSA) is 112 Å². The van der Waals surface area contributed by atoms with Gasteiger partial charge in [-0.15, -0.1) is 0 Å². The first kappa shape index (κ1) is 24.6. The zero-order valence-electron chi connectivity index (χ0n) is 19.6. The lowest BCUT2D eigenvalue weighted by Crippen LogP contribution is -2.36. The number of halogens is 1. The fourth-order valence-corrected chi connectivity index (χ4v) is 3.80. The maximum atomic E-state index is 12.7. The average Bonchev–Trinajstić information content (AvgIpc) is 3.16. The highest BCUT2D eigenvalue weighted by Crippen LogP contribution is 2.35. The third-order valence-corrected chi connectivity index (χ3v) is 5.23. The number of fused-ring (bicyclic) bond motifs is 1. The molecular formula is C22H29ClN4O6. The monoisotopic (exact) mass is 480 g/mol. The molecule has 33 heavy (non-hydrogen) atoms. The number of nitrogens with one attached hydrogen (secondary N) is 1. The number of benzene rings is 1. The number of carbonyl (C=O) groups excluding carboxylic acids is 2. The predicted molar refractivity (Wildman–Crippen MR) is 123 cm³/mol. The average molecular weight is 481 g/mol. The zero-order chi connectivity index (χ0) is 24.3. The van der Waals surface area contributed by atoms with E-state index in [1.807, 2.05) is 0 Å². The quantitative estimate of drug-likeness (QED) is 0.490. The maximum absolute atomic E-state index is 12.7. The molecule has 0 bridgehead atoms. The molecule has 2 unspecified atom stereocenters. The van der Waals surface area contributed by atoms with Gasteiger partial charge in [0.25, 0.3) is 0 Å². The number of hydrogen-bond donors (Lipinski definition) is 1. The molecule has 2 aromatic rings. The number of anilines is 1. The first-order chi connectivity index (χ1) is 15.6. The summed E-state index contributed by atoms with van der Waals surface area (Å²) in [4.78, 5) is 35.4. The van der Waals surface area contributed by atoms with Crippen molar-refractivity contribution < 1.29 is 28.5 Å². The van der Waals surface area contributed by atoms with Crippen LogP contribution in [-0.4, -0.2) is 72.5 Å². The van der Waals surface area contributed by atoms with Gasteiger partial charge in [-0.05, 0) is 45.4 Å². The van der Waals surface area contributed by atoms with Crippen molar-refractivity contribution in [3.8, 4) is 11.5 Å². The van der Waals surface area contributed by atoms with Gasteiger partial charge in [0.05, 0.1) is 38.3 Å². The minimum Gasteiger partial charge on any atom is -0.493 e. The second-order valence-electron chi connectivity index (χ2n) is 8.56. The van der Waals surface area contributed by atoms with Crippen LogP contribution in [0.4, 0.5) is 10.6 Å². The van der Waals surface area contributed by atoms with E-state index in [4.69, 9.17) is 30.5 Å². The lowest BCUT2D eigenvalue weighted by atomic mass is 10.0. The molecule has 1 aromatic heterocycles. The molecule has 10 nitrogen and oxygen atoms in total. The van der Waals surface area contributed by atoms with Crippen molar-refractivity contribution in [3.05, 3.63) is 17.4 Å². The van der Waals surface area contributed by atoms with Crippen LogP contribution in [0.3, 0.4) is 0 Å². The van der Waals surface area contributed by atoms with Gasteiger partial charge in [-0.1, -0.05) is 0 Å². The Bertz CT molecular complexity index is 1040. The molecule has 1 fully saturated rings. The van der Waals surface area contributed by atoms with Crippen molar-refractivity contribution >= 4 is 40.4 Å². The fraction of sp³-hybridized carbons (Fsp3) is 0.545. The van der Waals surface area contributed by atoms with Crippen LogP contribution in [-0.2, 0) is 14.3 Å². The summed E-state index contributed by atoms with van der Waals surface area (Å²) in [5, 5.41) is 3.91. The number of carbonyl (C=O) groups is 2. The largest absolute Gasteiger partial charge is 0.493 e. The van der Waals surface area contributed by atoms with Crippen LogP contribution < -0.4 is 14.8 Å². The first-order valence-electron chi connectivity index (χ1n) is 10.6. The summed E-state index contributed by atoms with van der Waals surface area (Å²) in [6.45, 7) is 7.70. The molecule has 3 rings (SSSR count). The van der Waals surface area contributed by atoms with Gasteiger partial charge in [0, 0.05) is 24.5 Å². The minimum absolute atomic E-state index is 0.0203. The summed E-state index contributed by atoms with van der Waals surface area (Å²) in [5.74, 6) is 0.345. The van der Waals surface area contributed by atoms with Gasteiger partial charge in [-0.3, -0.25) is 4.79 Å². The van der Waals surface area contributed by atoms with Crippen molar-refractivity contribution in [2.45, 2.75) is 39.3 Å². The van der Waals surface area contributed by atoms with Crippen LogP contribution in [0.25, 0.3) is 10.9 Å². The number of amides is 1. The summed E-state index contributed by atoms with van der Waals surface area (Å²) in [5.41, 5.74) is -0.126. The molecule has 1 N–H and O–H groups in total. The molecule has 11 heteroatoms. The predicted octanol–water partition coefficient (Wildman–Crippen LogP) is 3.51. The third-order valence-electron chi connectivity index (χ3n) is 5.06. The summed E-state index contributed by atoms with van der Waals surface area (Å²) in [7, 11) is 3.05. The fourth-order valence-electron chi connectivity index (χ4n) is 3.63. The first-order valence-corrected chi connectivity index (χ1v) is 10.9. The molecule has 0 spiro atoms. The number of rotatable bonds is 6. The van der Waals surface area contributed by atoms with Gasteiger partial charge < -0.3 is 29.2 Å². The number of hydrogen-bond acceptors (Lipinski definition) is 9. The summed E-state index contributed by atoms with van der Waals surface area (Å²) >= 11 is 6.17. The number of likely N-dealkylation sites (tertiary alicyclic amines) is 1. The van der Waals surface area contributed by atoms with Crippen molar-refractivity contribution in [3.63, 3.8) is 0 Å². The molecule has 180 valence electrons. The molecule has 1 amide bonds. The Labute approximate surface area is 197 Å². The number of methoxy groups -OCH3 is 2. The summed E-state index contributed by atoms with van der Waals surface area (Å²) < 4.78 is 21.5. The van der Waals surface area contributed by atoms with Crippen molar-refractivity contribution in [2.75, 3.05) is 39.2 Å². The zero-order valence-corrected chi connectivity index (χ0v) is 20.4. The summed E-state index contributed by atoms with van der Waals surface area (Å²) in [6, 6.07) is 2.93. The van der Waals surface area contributed by atoms with Crippen molar-refractivity contribution in [1.29, 1.82) is 0 Å². The van der Waals surface area contributed by atoms with Crippen LogP contribution >= 0.6 is 11.6 Å². The smallest absolute Gasteiger partial charge is 0.410 e. The van der Waals surface area contributed by atoms with E-state index in [1.54, 1.807) is 39.8 Å². The van der Waals surface area contributed by atoms with Gasteiger partial charge in [-0.25, -0.2) is 14.8 Å². The van der Waals surface area contributed by atoms with E-state index in [0.717, 1.165) is 0 Å². The van der Waals surface area contributed by atoms with Crippen molar-refractivity contribution in [2.24, 2.45) is 5.92 Å². The Morgan fingerprint density at radius 3 is 2.42 bits per heavy atom. The second-order valence-corrected chi connectivity index (χ2v) is 8.90. The molecule has 2 atom stereocenters. The highest BCUT2D eigenvalue weighted by Gasteiger charge is 2.42.